The highest BCUT2D eigenvalue weighted by molar-refractivity contribution is 6.03. The van der Waals surface area contributed by atoms with Crippen LogP contribution in [-0.4, -0.2) is 11.6 Å². The molecule has 0 radical (unpaired) electrons. The van der Waals surface area contributed by atoms with Gasteiger partial charge in [-0.3, -0.25) is 4.79 Å². The van der Waals surface area contributed by atoms with E-state index in [0.717, 1.165) is 16.3 Å². The predicted molar refractivity (Wildman–Crippen MR) is 90.0 cm³/mol. The standard InChI is InChI=1S/C19H15FN2O/c1-13(15-11-10-14-6-2-3-7-16(14)12-15)21-22-19(23)17-8-4-5-9-18(17)20/h2-12H,1H3,(H,22,23). The Morgan fingerprint density at radius 2 is 1.65 bits per heavy atom. The number of nitrogens with one attached hydrogen (secondary N) is 1. The zero-order valence-electron chi connectivity index (χ0n) is 12.6. The molecular formula is C19H15FN2O. The molecule has 3 aromatic rings. The van der Waals surface area contributed by atoms with Gasteiger partial charge in [0.1, 0.15) is 5.82 Å². The van der Waals surface area contributed by atoms with E-state index in [1.54, 1.807) is 13.0 Å². The van der Waals surface area contributed by atoms with Crippen molar-refractivity contribution in [3.8, 4) is 0 Å². The van der Waals surface area contributed by atoms with Crippen LogP contribution in [0, 0.1) is 5.82 Å². The number of hydrazone groups is 1. The van der Waals surface area contributed by atoms with E-state index in [-0.39, 0.29) is 5.56 Å². The van der Waals surface area contributed by atoms with Crippen LogP contribution in [0.1, 0.15) is 22.8 Å². The molecule has 0 fully saturated rings. The van der Waals surface area contributed by atoms with Crippen LogP contribution in [0.15, 0.2) is 71.8 Å². The number of benzene rings is 3. The van der Waals surface area contributed by atoms with Gasteiger partial charge >= 0.3 is 0 Å². The van der Waals surface area contributed by atoms with Crippen molar-refractivity contribution < 1.29 is 9.18 Å². The van der Waals surface area contributed by atoms with E-state index in [1.165, 1.54) is 18.2 Å². The normalized spacial score (nSPS) is 11.5. The first-order valence-corrected chi connectivity index (χ1v) is 7.23. The lowest BCUT2D eigenvalue weighted by molar-refractivity contribution is 0.0951. The molecule has 3 rings (SSSR count). The molecule has 114 valence electrons. The summed E-state index contributed by atoms with van der Waals surface area (Å²) in [6.45, 7) is 1.80. The molecule has 0 aromatic heterocycles. The molecule has 0 spiro atoms. The zero-order valence-corrected chi connectivity index (χ0v) is 12.6. The predicted octanol–water partition coefficient (Wildman–Crippen LogP) is 4.13. The third kappa shape index (κ3) is 3.26. The van der Waals surface area contributed by atoms with E-state index < -0.39 is 11.7 Å². The first-order valence-electron chi connectivity index (χ1n) is 7.23. The van der Waals surface area contributed by atoms with Crippen LogP contribution < -0.4 is 5.43 Å². The summed E-state index contributed by atoms with van der Waals surface area (Å²) in [5.41, 5.74) is 3.92. The Morgan fingerprint density at radius 1 is 0.957 bits per heavy atom. The molecule has 1 N–H and O–H groups in total. The van der Waals surface area contributed by atoms with Crippen molar-refractivity contribution in [3.63, 3.8) is 0 Å². The molecule has 0 saturated heterocycles. The number of hydrogen-bond acceptors (Lipinski definition) is 2. The molecule has 3 nitrogen and oxygen atoms in total. The van der Waals surface area contributed by atoms with Crippen LogP contribution in [0.25, 0.3) is 10.8 Å². The Morgan fingerprint density at radius 3 is 2.43 bits per heavy atom. The third-order valence-corrected chi connectivity index (χ3v) is 3.61. The van der Waals surface area contributed by atoms with Crippen LogP contribution in [0.5, 0.6) is 0 Å². The number of amides is 1. The number of carbonyl (C=O) groups is 1. The quantitative estimate of drug-likeness (QED) is 0.573. The van der Waals surface area contributed by atoms with Gasteiger partial charge in [0, 0.05) is 0 Å². The Hall–Kier alpha value is -3.01. The largest absolute Gasteiger partial charge is 0.274 e. The van der Waals surface area contributed by atoms with Crippen LogP contribution in [-0.2, 0) is 0 Å². The van der Waals surface area contributed by atoms with Gasteiger partial charge < -0.3 is 0 Å². The highest BCUT2D eigenvalue weighted by atomic mass is 19.1. The van der Waals surface area contributed by atoms with Crippen LogP contribution in [0.2, 0.25) is 0 Å². The summed E-state index contributed by atoms with van der Waals surface area (Å²) >= 11 is 0. The van der Waals surface area contributed by atoms with Gasteiger partial charge in [0.15, 0.2) is 0 Å². The highest BCUT2D eigenvalue weighted by Crippen LogP contribution is 2.16. The maximum Gasteiger partial charge on any atom is 0.274 e. The molecule has 23 heavy (non-hydrogen) atoms. The molecule has 3 aromatic carbocycles. The Bertz CT molecular complexity index is 903. The van der Waals surface area contributed by atoms with Gasteiger partial charge in [-0.1, -0.05) is 48.5 Å². The maximum absolute atomic E-state index is 13.6. The average Bonchev–Trinajstić information content (AvgIpc) is 2.59. The number of carbonyl (C=O) groups excluding carboxylic acids is 1. The van der Waals surface area contributed by atoms with E-state index >= 15 is 0 Å². The van der Waals surface area contributed by atoms with Gasteiger partial charge in [0.25, 0.3) is 5.91 Å². The van der Waals surface area contributed by atoms with Crippen LogP contribution in [0.4, 0.5) is 4.39 Å². The van der Waals surface area contributed by atoms with E-state index in [1.807, 2.05) is 42.5 Å². The lowest BCUT2D eigenvalue weighted by Crippen LogP contribution is -2.20. The molecule has 0 unspecified atom stereocenters. The zero-order chi connectivity index (χ0) is 16.2. The average molecular weight is 306 g/mol. The molecule has 0 saturated carbocycles. The van der Waals surface area contributed by atoms with E-state index in [9.17, 15) is 9.18 Å². The highest BCUT2D eigenvalue weighted by Gasteiger charge is 2.10. The summed E-state index contributed by atoms with van der Waals surface area (Å²) in [7, 11) is 0. The topological polar surface area (TPSA) is 41.5 Å². The number of rotatable bonds is 3. The fraction of sp³-hybridized carbons (Fsp3) is 0.0526. The fourth-order valence-electron chi connectivity index (χ4n) is 2.32. The fourth-order valence-corrected chi connectivity index (χ4v) is 2.32. The van der Waals surface area contributed by atoms with Gasteiger partial charge in [-0.25, -0.2) is 9.82 Å². The molecule has 0 bridgehead atoms. The number of nitrogens with zero attached hydrogens (tertiary/aromatic N) is 1. The maximum atomic E-state index is 13.6. The second-order valence-electron chi connectivity index (χ2n) is 5.18. The number of fused-ring (bicyclic) bond motifs is 1. The molecule has 0 atom stereocenters. The molecule has 4 heteroatoms. The summed E-state index contributed by atoms with van der Waals surface area (Å²) in [5.74, 6) is -1.13. The summed E-state index contributed by atoms with van der Waals surface area (Å²) in [6.07, 6.45) is 0. The van der Waals surface area contributed by atoms with Crippen molar-refractivity contribution in [1.82, 2.24) is 5.43 Å². The van der Waals surface area contributed by atoms with E-state index in [4.69, 9.17) is 0 Å². The monoisotopic (exact) mass is 306 g/mol. The number of halogens is 1. The smallest absolute Gasteiger partial charge is 0.267 e. The SMILES string of the molecule is CC(=NNC(=O)c1ccccc1F)c1ccc2ccccc2c1. The minimum Gasteiger partial charge on any atom is -0.267 e. The third-order valence-electron chi connectivity index (χ3n) is 3.61. The van der Waals surface area contributed by atoms with Crippen LogP contribution in [0.3, 0.4) is 0 Å². The molecule has 0 heterocycles. The Kier molecular flexibility index (Phi) is 4.15. The molecular weight excluding hydrogens is 291 g/mol. The van der Waals surface area contributed by atoms with Gasteiger partial charge in [0.2, 0.25) is 0 Å². The van der Waals surface area contributed by atoms with E-state index in [2.05, 4.69) is 10.5 Å². The van der Waals surface area contributed by atoms with Crippen molar-refractivity contribution >= 4 is 22.4 Å². The molecule has 0 aliphatic rings. The Balaban J connectivity index is 1.81. The Labute approximate surface area is 133 Å². The second kappa shape index (κ2) is 6.40. The molecule has 0 aliphatic carbocycles. The van der Waals surface area contributed by atoms with Crippen molar-refractivity contribution in [2.24, 2.45) is 5.10 Å². The minimum atomic E-state index is -0.566. The molecule has 1 amide bonds. The lowest BCUT2D eigenvalue weighted by atomic mass is 10.0. The first-order chi connectivity index (χ1) is 11.1. The van der Waals surface area contributed by atoms with Crippen molar-refractivity contribution in [3.05, 3.63) is 83.7 Å². The van der Waals surface area contributed by atoms with Gasteiger partial charge in [0.05, 0.1) is 11.3 Å². The number of hydrogen-bond donors (Lipinski definition) is 1. The van der Waals surface area contributed by atoms with Crippen molar-refractivity contribution in [2.75, 3.05) is 0 Å². The van der Waals surface area contributed by atoms with Crippen LogP contribution >= 0.6 is 0 Å². The van der Waals surface area contributed by atoms with Crippen molar-refractivity contribution in [2.45, 2.75) is 6.92 Å². The summed E-state index contributed by atoms with van der Waals surface area (Å²) in [4.78, 5) is 12.0. The van der Waals surface area contributed by atoms with Gasteiger partial charge in [-0.15, -0.1) is 0 Å². The minimum absolute atomic E-state index is 0.0254. The van der Waals surface area contributed by atoms with Gasteiger partial charge in [-0.05, 0) is 41.5 Å². The summed E-state index contributed by atoms with van der Waals surface area (Å²) < 4.78 is 13.6. The van der Waals surface area contributed by atoms with E-state index in [0.29, 0.717) is 5.71 Å². The van der Waals surface area contributed by atoms with Gasteiger partial charge in [-0.2, -0.15) is 5.10 Å². The second-order valence-corrected chi connectivity index (χ2v) is 5.18. The first kappa shape index (κ1) is 14.9. The lowest BCUT2D eigenvalue weighted by Gasteiger charge is -2.05. The molecule has 0 aliphatic heterocycles. The van der Waals surface area contributed by atoms with Crippen molar-refractivity contribution in [1.29, 1.82) is 0 Å². The summed E-state index contributed by atoms with van der Waals surface area (Å²) in [5, 5.41) is 6.30. The summed E-state index contributed by atoms with van der Waals surface area (Å²) in [6, 6.07) is 19.8.